The fourth-order valence-electron chi connectivity index (χ4n) is 12.6. The lowest BCUT2D eigenvalue weighted by molar-refractivity contribution is -0.161. The maximum absolute atomic E-state index is 13.1. The molecule has 0 aliphatic rings. The maximum atomic E-state index is 13.1. The number of hydrogen-bond acceptors (Lipinski definition) is 15. The third-order valence-corrected chi connectivity index (χ3v) is 21.8. The van der Waals surface area contributed by atoms with Gasteiger partial charge in [-0.1, -0.05) is 376 Å². The zero-order valence-corrected chi connectivity index (χ0v) is 68.2. The molecule has 0 saturated heterocycles. The number of carbonyl (C=O) groups excluding carboxylic acids is 4. The van der Waals surface area contributed by atoms with E-state index in [1.54, 1.807) is 0 Å². The normalized spacial score (nSPS) is 14.5. The molecule has 0 rings (SSSR count). The van der Waals surface area contributed by atoms with Crippen molar-refractivity contribution in [3.05, 3.63) is 0 Å². The van der Waals surface area contributed by atoms with Crippen molar-refractivity contribution >= 4 is 39.5 Å². The van der Waals surface area contributed by atoms with Gasteiger partial charge in [0, 0.05) is 25.7 Å². The Morgan fingerprint density at radius 2 is 0.505 bits per heavy atom. The summed E-state index contributed by atoms with van der Waals surface area (Å²) >= 11 is 0. The summed E-state index contributed by atoms with van der Waals surface area (Å²) < 4.78 is 68.7. The number of phosphoric acid groups is 2. The molecule has 101 heavy (non-hydrogen) atoms. The summed E-state index contributed by atoms with van der Waals surface area (Å²) in [4.78, 5) is 73.0. The predicted octanol–water partition coefficient (Wildman–Crippen LogP) is 24.5. The van der Waals surface area contributed by atoms with Crippen LogP contribution >= 0.6 is 15.6 Å². The number of phosphoric ester groups is 2. The largest absolute Gasteiger partial charge is 0.472 e. The van der Waals surface area contributed by atoms with Gasteiger partial charge in [-0.25, -0.2) is 9.13 Å². The van der Waals surface area contributed by atoms with E-state index >= 15 is 0 Å². The Balaban J connectivity index is 5.22. The molecule has 0 aromatic heterocycles. The van der Waals surface area contributed by atoms with Crippen molar-refractivity contribution in [2.45, 2.75) is 446 Å². The number of aliphatic hydroxyl groups excluding tert-OH is 1. The first-order valence-corrected chi connectivity index (χ1v) is 45.4. The van der Waals surface area contributed by atoms with Crippen LogP contribution in [-0.2, 0) is 65.4 Å². The van der Waals surface area contributed by atoms with Gasteiger partial charge < -0.3 is 33.8 Å². The monoisotopic (exact) mass is 1480 g/mol. The second kappa shape index (κ2) is 72.3. The van der Waals surface area contributed by atoms with Crippen LogP contribution in [0.4, 0.5) is 0 Å². The molecule has 7 atom stereocenters. The predicted molar refractivity (Wildman–Crippen MR) is 414 cm³/mol. The second-order valence-corrected chi connectivity index (χ2v) is 33.4. The molecule has 0 spiro atoms. The molecule has 0 aromatic rings. The van der Waals surface area contributed by atoms with E-state index in [1.165, 1.54) is 231 Å². The molecule has 0 heterocycles. The van der Waals surface area contributed by atoms with Crippen LogP contribution in [0.1, 0.15) is 427 Å². The number of esters is 4. The minimum atomic E-state index is -4.96. The summed E-state index contributed by atoms with van der Waals surface area (Å²) in [6.07, 6.45) is 61.0. The molecule has 0 aromatic carbocycles. The highest BCUT2D eigenvalue weighted by atomic mass is 31.2. The molecule has 4 unspecified atom stereocenters. The molecule has 0 radical (unpaired) electrons. The van der Waals surface area contributed by atoms with E-state index in [0.29, 0.717) is 31.6 Å². The highest BCUT2D eigenvalue weighted by Gasteiger charge is 2.30. The lowest BCUT2D eigenvalue weighted by Crippen LogP contribution is -2.30. The van der Waals surface area contributed by atoms with Crippen LogP contribution < -0.4 is 0 Å². The van der Waals surface area contributed by atoms with Gasteiger partial charge in [0.2, 0.25) is 0 Å². The summed E-state index contributed by atoms with van der Waals surface area (Å²) in [6, 6.07) is 0. The Labute approximate surface area is 619 Å². The number of ether oxygens (including phenoxy) is 4. The Bertz CT molecular complexity index is 1960. The first-order chi connectivity index (χ1) is 48.8. The van der Waals surface area contributed by atoms with Crippen molar-refractivity contribution in [3.63, 3.8) is 0 Å². The fraction of sp³-hybridized carbons (Fsp3) is 0.951. The Hall–Kier alpha value is -1.94. The molecule has 19 heteroatoms. The summed E-state index contributed by atoms with van der Waals surface area (Å²) in [5, 5.41) is 10.6. The van der Waals surface area contributed by atoms with Crippen LogP contribution in [0.3, 0.4) is 0 Å². The number of carbonyl (C=O) groups is 4. The molecule has 0 aliphatic carbocycles. The van der Waals surface area contributed by atoms with Gasteiger partial charge >= 0.3 is 39.5 Å². The lowest BCUT2D eigenvalue weighted by Gasteiger charge is -2.21. The maximum Gasteiger partial charge on any atom is 0.472 e. The van der Waals surface area contributed by atoms with E-state index in [4.69, 9.17) is 37.0 Å². The zero-order valence-electron chi connectivity index (χ0n) is 66.4. The van der Waals surface area contributed by atoms with Gasteiger partial charge in [0.15, 0.2) is 12.2 Å². The first kappa shape index (κ1) is 99.1. The Morgan fingerprint density at radius 1 is 0.287 bits per heavy atom. The molecule has 0 bridgehead atoms. The van der Waals surface area contributed by atoms with Crippen LogP contribution in [0.25, 0.3) is 0 Å². The summed E-state index contributed by atoms with van der Waals surface area (Å²) in [7, 11) is -9.92. The minimum Gasteiger partial charge on any atom is -0.462 e. The van der Waals surface area contributed by atoms with Crippen LogP contribution in [-0.4, -0.2) is 96.7 Å². The Morgan fingerprint density at radius 3 is 0.752 bits per heavy atom. The average molecular weight is 1480 g/mol. The van der Waals surface area contributed by atoms with Gasteiger partial charge in [-0.2, -0.15) is 0 Å². The van der Waals surface area contributed by atoms with E-state index in [2.05, 4.69) is 48.5 Å². The molecule has 17 nitrogen and oxygen atoms in total. The van der Waals surface area contributed by atoms with Gasteiger partial charge in [0.25, 0.3) is 0 Å². The third-order valence-electron chi connectivity index (χ3n) is 19.9. The molecular formula is C82H160O17P2. The molecule has 0 saturated carbocycles. The van der Waals surface area contributed by atoms with Crippen molar-refractivity contribution in [1.29, 1.82) is 0 Å². The minimum absolute atomic E-state index is 0.106. The van der Waals surface area contributed by atoms with E-state index < -0.39 is 97.5 Å². The molecule has 3 N–H and O–H groups in total. The highest BCUT2D eigenvalue weighted by Crippen LogP contribution is 2.45. The van der Waals surface area contributed by atoms with E-state index in [9.17, 15) is 43.2 Å². The number of aliphatic hydroxyl groups is 1. The van der Waals surface area contributed by atoms with Crippen molar-refractivity contribution in [3.8, 4) is 0 Å². The summed E-state index contributed by atoms with van der Waals surface area (Å²) in [5.41, 5.74) is 0. The molecular weight excluding hydrogens is 1320 g/mol. The molecule has 0 fully saturated rings. The molecule has 0 amide bonds. The SMILES string of the molecule is CCCCCCCCCCCCCCCCCC(=O)OC[C@H](COP(=O)(O)OC[C@@H](O)COP(=O)(O)OC[C@@H](COC(=O)CCCCCCCCCC(C)C)OC(=O)CCCCCCCCCCCCC(C)CC)OC(=O)CCCCCCCCCCCCCCCCCCCCC(C)CC. The standard InChI is InChI=1S/C82H160O17P2/c1-8-11-12-13-14-15-16-17-22-26-29-35-42-49-56-63-79(84)92-69-77(98-81(86)65-58-51-43-36-30-27-24-21-19-18-20-23-25-28-33-40-47-54-61-74(6)9-2)71-96-100(88,89)94-67-76(83)68-95-101(90,91)97-72-78(70-93-80(85)64-57-50-45-38-39-46-53-60-73(4)5)99-82(87)66-59-52-44-37-32-31-34-41-48-55-62-75(7)10-3/h73-78,83H,8-72H2,1-7H3,(H,88,89)(H,90,91)/t74?,75?,76-,77-,78-/m1/s1. The second-order valence-electron chi connectivity index (χ2n) is 30.5. The number of rotatable bonds is 80. The third kappa shape index (κ3) is 73.4. The van der Waals surface area contributed by atoms with Gasteiger partial charge in [-0.15, -0.1) is 0 Å². The van der Waals surface area contributed by atoms with E-state index in [-0.39, 0.29) is 25.7 Å². The summed E-state index contributed by atoms with van der Waals surface area (Å²) in [5.74, 6) is 0.268. The Kier molecular flexibility index (Phi) is 70.9. The van der Waals surface area contributed by atoms with Gasteiger partial charge in [-0.3, -0.25) is 37.3 Å². The first-order valence-electron chi connectivity index (χ1n) is 42.4. The molecule has 600 valence electrons. The van der Waals surface area contributed by atoms with Crippen molar-refractivity contribution in [1.82, 2.24) is 0 Å². The van der Waals surface area contributed by atoms with Crippen LogP contribution in [0.15, 0.2) is 0 Å². The quantitative estimate of drug-likeness (QED) is 0.0222. The average Bonchev–Trinajstić information content (AvgIpc) is 1.03. The van der Waals surface area contributed by atoms with Crippen LogP contribution in [0.5, 0.6) is 0 Å². The number of hydrogen-bond donors (Lipinski definition) is 3. The van der Waals surface area contributed by atoms with Crippen molar-refractivity contribution in [2.24, 2.45) is 17.8 Å². The number of unbranched alkanes of at least 4 members (excludes halogenated alkanes) is 46. The highest BCUT2D eigenvalue weighted by molar-refractivity contribution is 7.47. The van der Waals surface area contributed by atoms with Crippen molar-refractivity contribution < 1.29 is 80.2 Å². The lowest BCUT2D eigenvalue weighted by atomic mass is 9.99. The van der Waals surface area contributed by atoms with Crippen molar-refractivity contribution in [2.75, 3.05) is 39.6 Å². The fourth-order valence-corrected chi connectivity index (χ4v) is 14.2. The molecule has 0 aliphatic heterocycles. The van der Waals surface area contributed by atoms with E-state index in [1.807, 2.05) is 0 Å². The van der Waals surface area contributed by atoms with Gasteiger partial charge in [0.05, 0.1) is 26.4 Å². The van der Waals surface area contributed by atoms with Crippen LogP contribution in [0.2, 0.25) is 0 Å². The summed E-state index contributed by atoms with van der Waals surface area (Å²) in [6.45, 7) is 12.0. The zero-order chi connectivity index (χ0) is 74.4. The van der Waals surface area contributed by atoms with Gasteiger partial charge in [0.1, 0.15) is 19.3 Å². The van der Waals surface area contributed by atoms with Gasteiger partial charge in [-0.05, 0) is 43.4 Å². The topological polar surface area (TPSA) is 237 Å². The van der Waals surface area contributed by atoms with Crippen LogP contribution in [0, 0.1) is 17.8 Å². The smallest absolute Gasteiger partial charge is 0.462 e. The van der Waals surface area contributed by atoms with E-state index in [0.717, 1.165) is 108 Å².